The van der Waals surface area contributed by atoms with Crippen molar-refractivity contribution in [3.05, 3.63) is 58.6 Å². The first-order valence-corrected chi connectivity index (χ1v) is 16.8. The summed E-state index contributed by atoms with van der Waals surface area (Å²) in [6, 6.07) is 10.9. The Morgan fingerprint density at radius 1 is 1.23 bits per heavy atom. The van der Waals surface area contributed by atoms with Crippen LogP contribution < -0.4 is 15.7 Å². The van der Waals surface area contributed by atoms with Gasteiger partial charge in [-0.05, 0) is 45.2 Å². The van der Waals surface area contributed by atoms with Crippen LogP contribution in [0.1, 0.15) is 45.4 Å². The second kappa shape index (κ2) is 12.4. The van der Waals surface area contributed by atoms with E-state index in [-0.39, 0.29) is 30.6 Å². The second-order valence-corrected chi connectivity index (χ2v) is 14.8. The highest BCUT2D eigenvalue weighted by Gasteiger charge is 2.86. The Hall–Kier alpha value is -1.97. The largest absolute Gasteiger partial charge is 0.499 e. The molecule has 0 radical (unpaired) electrons. The molecular weight excluding hydrogens is 599 g/mol. The fraction of sp³-hybridized carbons (Fsp3) is 0.607. The molecular formula is C28H40N4O9PS+. The van der Waals surface area contributed by atoms with Crippen LogP contribution in [0.2, 0.25) is 0 Å². The Labute approximate surface area is 254 Å². The third-order valence-electron chi connectivity index (χ3n) is 8.21. The predicted octanol–water partition coefficient (Wildman–Crippen LogP) is 1.38. The van der Waals surface area contributed by atoms with Gasteiger partial charge in [0.2, 0.25) is 0 Å². The fourth-order valence-electron chi connectivity index (χ4n) is 5.32. The summed E-state index contributed by atoms with van der Waals surface area (Å²) < 4.78 is 18.8. The summed E-state index contributed by atoms with van der Waals surface area (Å²) in [7, 11) is -3.87. The van der Waals surface area contributed by atoms with Gasteiger partial charge >= 0.3 is 13.8 Å². The molecule has 0 spiro atoms. The Bertz CT molecular complexity index is 1360. The number of hydrogen-bond donors (Lipinski definition) is 5. The minimum Gasteiger partial charge on any atom is -0.395 e. The molecule has 1 saturated carbocycles. The Morgan fingerprint density at radius 2 is 1.93 bits per heavy atom. The van der Waals surface area contributed by atoms with Gasteiger partial charge in [0.15, 0.2) is 23.0 Å². The summed E-state index contributed by atoms with van der Waals surface area (Å²) in [4.78, 5) is 42.9. The molecule has 3 fully saturated rings. The van der Waals surface area contributed by atoms with Crippen molar-refractivity contribution in [2.45, 2.75) is 69.8 Å². The van der Waals surface area contributed by atoms with Gasteiger partial charge in [0.1, 0.15) is 24.1 Å². The van der Waals surface area contributed by atoms with Crippen LogP contribution in [0.15, 0.2) is 47.4 Å². The quantitative estimate of drug-likeness (QED) is 0.157. The average molecular weight is 640 g/mol. The van der Waals surface area contributed by atoms with E-state index in [1.165, 1.54) is 13.1 Å². The van der Waals surface area contributed by atoms with E-state index in [1.54, 1.807) is 19.9 Å². The first kappa shape index (κ1) is 32.4. The normalized spacial score (nSPS) is 29.8. The number of nitrogens with one attached hydrogen (secondary N) is 1. The smallest absolute Gasteiger partial charge is 0.395 e. The van der Waals surface area contributed by atoms with Crippen LogP contribution in [0.3, 0.4) is 0 Å². The van der Waals surface area contributed by atoms with Crippen molar-refractivity contribution in [3.63, 3.8) is 0 Å². The SMILES string of the molecule is CC(C)(CO)C(=O)SCCO[P+](O)(NCc1ccccc1)OC1C2OC(n3ccc(N4CCCC4)nc3=O)C(C)(O)C21O. The van der Waals surface area contributed by atoms with Crippen molar-refractivity contribution in [1.82, 2.24) is 14.6 Å². The van der Waals surface area contributed by atoms with Crippen LogP contribution >= 0.6 is 19.9 Å². The molecule has 1 aromatic carbocycles. The van der Waals surface area contributed by atoms with E-state index in [2.05, 4.69) is 10.1 Å². The molecule has 1 aromatic heterocycles. The Kier molecular flexibility index (Phi) is 9.38. The van der Waals surface area contributed by atoms with E-state index in [0.29, 0.717) is 5.82 Å². The lowest BCUT2D eigenvalue weighted by Crippen LogP contribution is -2.51. The van der Waals surface area contributed by atoms with Crippen molar-refractivity contribution in [2.75, 3.05) is 37.0 Å². The van der Waals surface area contributed by atoms with Crippen molar-refractivity contribution in [3.8, 4) is 0 Å². The summed E-state index contributed by atoms with van der Waals surface area (Å²) in [5, 5.41) is 35.1. The minimum atomic E-state index is -3.87. The number of ether oxygens (including phenoxy) is 1. The van der Waals surface area contributed by atoms with Crippen molar-refractivity contribution in [2.24, 2.45) is 5.41 Å². The maximum absolute atomic E-state index is 12.9. The van der Waals surface area contributed by atoms with Crippen molar-refractivity contribution in [1.29, 1.82) is 0 Å². The van der Waals surface area contributed by atoms with Crippen molar-refractivity contribution >= 4 is 30.8 Å². The molecule has 2 aromatic rings. The number of hydrogen-bond acceptors (Lipinski definition) is 13. The summed E-state index contributed by atoms with van der Waals surface area (Å²) in [5.41, 5.74) is -4.63. The van der Waals surface area contributed by atoms with Gasteiger partial charge in [0.25, 0.3) is 0 Å². The van der Waals surface area contributed by atoms with Gasteiger partial charge in [-0.1, -0.05) is 42.1 Å². The topological polar surface area (TPSA) is 176 Å². The fourth-order valence-corrected chi connectivity index (χ4v) is 7.78. The molecule has 6 unspecified atom stereocenters. The lowest BCUT2D eigenvalue weighted by molar-refractivity contribution is -0.158. The van der Waals surface area contributed by atoms with E-state index < -0.39 is 48.8 Å². The number of rotatable bonds is 13. The minimum absolute atomic E-state index is 0.0793. The lowest BCUT2D eigenvalue weighted by atomic mass is 9.95. The lowest BCUT2D eigenvalue weighted by Gasteiger charge is -2.33. The van der Waals surface area contributed by atoms with Gasteiger partial charge in [-0.25, -0.2) is 4.79 Å². The van der Waals surface area contributed by atoms with E-state index in [9.17, 15) is 29.8 Å². The Balaban J connectivity index is 1.27. The molecule has 236 valence electrons. The third-order valence-corrected chi connectivity index (χ3v) is 11.0. The molecule has 6 atom stereocenters. The molecule has 2 saturated heterocycles. The number of nitrogens with zero attached hydrogens (tertiary/aromatic N) is 3. The molecule has 5 N–H and O–H groups in total. The number of aromatic nitrogens is 2. The summed E-state index contributed by atoms with van der Waals surface area (Å²) in [6.45, 7) is 6.05. The molecule has 13 nitrogen and oxygen atoms in total. The molecule has 43 heavy (non-hydrogen) atoms. The van der Waals surface area contributed by atoms with E-state index in [1.807, 2.05) is 35.2 Å². The number of thioether (sulfide) groups is 1. The standard InChI is InChI=1S/C28H40N4O9PS/c1-26(2,18-33)24(34)43-16-15-39-42(38,29-17-19-9-5-4-6-10-19)41-22-21-28(22,37)27(3,36)23(40-21)32-14-11-20(30-25(32)35)31-12-7-8-13-31/h4-6,9-11,14,21-23,29,33,36-38H,7-8,12-13,15-18H2,1-3H3/q+1. The summed E-state index contributed by atoms with van der Waals surface area (Å²) >= 11 is 0.966. The molecule has 3 heterocycles. The zero-order chi connectivity index (χ0) is 31.0. The molecule has 5 rings (SSSR count). The van der Waals surface area contributed by atoms with Crippen LogP contribution in [0.5, 0.6) is 0 Å². The van der Waals surface area contributed by atoms with Gasteiger partial charge in [0.05, 0.1) is 18.6 Å². The highest BCUT2D eigenvalue weighted by atomic mass is 32.2. The molecule has 3 aliphatic rings. The Morgan fingerprint density at radius 3 is 2.53 bits per heavy atom. The molecule has 15 heteroatoms. The summed E-state index contributed by atoms with van der Waals surface area (Å²) in [6.07, 6.45) is 0.0786. The highest BCUT2D eigenvalue weighted by Crippen LogP contribution is 2.67. The second-order valence-electron chi connectivity index (χ2n) is 11.9. The van der Waals surface area contributed by atoms with Gasteiger partial charge in [-0.2, -0.15) is 18.9 Å². The third kappa shape index (κ3) is 6.41. The number of fused-ring (bicyclic) bond motifs is 1. The van der Waals surface area contributed by atoms with E-state index in [4.69, 9.17) is 13.8 Å². The van der Waals surface area contributed by atoms with Crippen molar-refractivity contribution < 1.29 is 38.8 Å². The average Bonchev–Trinajstić information content (AvgIpc) is 3.30. The van der Waals surface area contributed by atoms with Crippen LogP contribution in [-0.2, 0) is 25.1 Å². The zero-order valence-electron chi connectivity index (χ0n) is 24.5. The van der Waals surface area contributed by atoms with Crippen LogP contribution in [-0.4, -0.2) is 90.3 Å². The number of benzene rings is 1. The molecule has 0 amide bonds. The maximum atomic E-state index is 12.9. The predicted molar refractivity (Wildman–Crippen MR) is 161 cm³/mol. The first-order valence-electron chi connectivity index (χ1n) is 14.3. The number of aliphatic hydroxyl groups is 3. The molecule has 0 bridgehead atoms. The zero-order valence-corrected chi connectivity index (χ0v) is 26.2. The van der Waals surface area contributed by atoms with Gasteiger partial charge in [0, 0.05) is 25.0 Å². The molecule has 1 aliphatic carbocycles. The van der Waals surface area contributed by atoms with E-state index >= 15 is 0 Å². The maximum Gasteiger partial charge on any atom is 0.499 e. The van der Waals surface area contributed by atoms with E-state index in [0.717, 1.165) is 47.8 Å². The summed E-state index contributed by atoms with van der Waals surface area (Å²) in [5.74, 6) is 0.733. The number of aliphatic hydroxyl groups excluding tert-OH is 1. The highest BCUT2D eigenvalue weighted by molar-refractivity contribution is 8.13. The monoisotopic (exact) mass is 639 g/mol. The van der Waals surface area contributed by atoms with Crippen LogP contribution in [0.25, 0.3) is 0 Å². The van der Waals surface area contributed by atoms with Gasteiger partial charge in [-0.3, -0.25) is 9.36 Å². The number of carbonyl (C=O) groups is 1. The van der Waals surface area contributed by atoms with Gasteiger partial charge in [-0.15, -0.1) is 5.09 Å². The van der Waals surface area contributed by atoms with Crippen LogP contribution in [0.4, 0.5) is 5.82 Å². The number of anilines is 1. The van der Waals surface area contributed by atoms with Gasteiger partial charge < -0.3 is 25.0 Å². The number of carbonyl (C=O) groups excluding carboxylic acids is 1. The molecule has 2 aliphatic heterocycles. The first-order chi connectivity index (χ1) is 20.3. The van der Waals surface area contributed by atoms with Crippen LogP contribution in [0, 0.1) is 5.41 Å².